The Morgan fingerprint density at radius 1 is 1.17 bits per heavy atom. The van der Waals surface area contributed by atoms with Crippen molar-refractivity contribution in [2.45, 2.75) is 71.9 Å². The number of carboxylic acid groups (broad SMARTS) is 1. The largest absolute Gasteiger partial charge is 0.491 e. The van der Waals surface area contributed by atoms with Gasteiger partial charge in [0.1, 0.15) is 28.8 Å². The van der Waals surface area contributed by atoms with Crippen molar-refractivity contribution in [1.82, 2.24) is 25.0 Å². The lowest BCUT2D eigenvalue weighted by Crippen LogP contribution is -2.49. The maximum absolute atomic E-state index is 11.7. The Morgan fingerprint density at radius 3 is 2.55 bits per heavy atom. The number of benzene rings is 1. The summed E-state index contributed by atoms with van der Waals surface area (Å²) in [7, 11) is -0.726. The van der Waals surface area contributed by atoms with Crippen LogP contribution in [-0.4, -0.2) is 70.8 Å². The van der Waals surface area contributed by atoms with E-state index in [4.69, 9.17) is 46.9 Å². The molecule has 1 aliphatic rings. The highest BCUT2D eigenvalue weighted by Gasteiger charge is 2.40. The zero-order valence-corrected chi connectivity index (χ0v) is 30.4. The van der Waals surface area contributed by atoms with Gasteiger partial charge in [-0.15, -0.1) is 0 Å². The van der Waals surface area contributed by atoms with Crippen LogP contribution in [0.4, 0.5) is 10.6 Å². The number of likely N-dealkylation sites (N-methyl/N-ethyl adjacent to an activating group) is 1. The van der Waals surface area contributed by atoms with Gasteiger partial charge < -0.3 is 28.6 Å². The van der Waals surface area contributed by atoms with Crippen molar-refractivity contribution in [3.63, 3.8) is 0 Å². The van der Waals surface area contributed by atoms with Crippen LogP contribution in [-0.2, 0) is 17.5 Å². The Balaban J connectivity index is 1.51. The molecule has 250 valence electrons. The number of carbonyl (C=O) groups is 1. The van der Waals surface area contributed by atoms with Crippen molar-refractivity contribution in [3.8, 4) is 28.4 Å². The minimum atomic E-state index is -2.25. The molecule has 47 heavy (non-hydrogen) atoms. The van der Waals surface area contributed by atoms with E-state index in [0.717, 1.165) is 11.3 Å². The minimum absolute atomic E-state index is 0.0736. The van der Waals surface area contributed by atoms with Crippen LogP contribution in [0.1, 0.15) is 43.5 Å². The van der Waals surface area contributed by atoms with Crippen molar-refractivity contribution in [3.05, 3.63) is 69.3 Å². The Morgan fingerprint density at radius 2 is 1.91 bits per heavy atom. The van der Waals surface area contributed by atoms with Gasteiger partial charge in [-0.3, -0.25) is 4.98 Å². The van der Waals surface area contributed by atoms with Crippen LogP contribution in [0, 0.1) is 13.8 Å². The second-order valence-corrected chi connectivity index (χ2v) is 18.9. The molecule has 0 bridgehead atoms. The highest BCUT2D eigenvalue weighted by Crippen LogP contribution is 2.42. The van der Waals surface area contributed by atoms with E-state index in [9.17, 15) is 9.90 Å². The minimum Gasteiger partial charge on any atom is -0.491 e. The fourth-order valence-electron chi connectivity index (χ4n) is 5.16. The van der Waals surface area contributed by atoms with Gasteiger partial charge in [-0.05, 0) is 61.8 Å². The molecule has 4 heterocycles. The predicted octanol–water partition coefficient (Wildman–Crippen LogP) is 8.02. The van der Waals surface area contributed by atoms with Gasteiger partial charge in [0.2, 0.25) is 0 Å². The zero-order chi connectivity index (χ0) is 34.3. The van der Waals surface area contributed by atoms with Crippen LogP contribution in [0.25, 0.3) is 22.6 Å². The number of pyridine rings is 1. The van der Waals surface area contributed by atoms with Gasteiger partial charge in [0, 0.05) is 25.4 Å². The van der Waals surface area contributed by atoms with Gasteiger partial charge in [0.15, 0.2) is 20.0 Å². The van der Waals surface area contributed by atoms with Gasteiger partial charge in [-0.25, -0.2) is 14.8 Å². The molecule has 0 radical (unpaired) electrons. The molecule has 0 aliphatic carbocycles. The number of ether oxygens (including phenoxy) is 1. The first kappa shape index (κ1) is 34.6. The number of aromatic nitrogens is 4. The number of hydrogen-bond donors (Lipinski definition) is 1. The predicted molar refractivity (Wildman–Crippen MR) is 185 cm³/mol. The molecular formula is C33H40Cl2N6O5Si. The highest BCUT2D eigenvalue weighted by molar-refractivity contribution is 6.74. The summed E-state index contributed by atoms with van der Waals surface area (Å²) >= 11 is 13.8. The maximum Gasteiger partial charge on any atom is 0.407 e. The number of aryl methyl sites for hydroxylation is 2. The molecule has 4 aromatic rings. The third kappa shape index (κ3) is 7.40. The van der Waals surface area contributed by atoms with Gasteiger partial charge >= 0.3 is 6.09 Å². The normalized spacial score (nSPS) is 13.9. The number of anilines is 1. The average molecular weight is 700 g/mol. The lowest BCUT2D eigenvalue weighted by atomic mass is 10.1. The lowest BCUT2D eigenvalue weighted by Gasteiger charge is -2.39. The summed E-state index contributed by atoms with van der Waals surface area (Å²) in [5.41, 5.74) is 4.40. The van der Waals surface area contributed by atoms with Crippen molar-refractivity contribution < 1.29 is 23.6 Å². The molecule has 0 unspecified atom stereocenters. The van der Waals surface area contributed by atoms with Crippen molar-refractivity contribution >= 4 is 43.4 Å². The van der Waals surface area contributed by atoms with Gasteiger partial charge in [0.25, 0.3) is 0 Å². The van der Waals surface area contributed by atoms with Crippen LogP contribution in [0.5, 0.6) is 5.75 Å². The van der Waals surface area contributed by atoms with Crippen LogP contribution in [0.15, 0.2) is 41.1 Å². The Labute approximate surface area is 286 Å². The number of fused-ring (bicyclic) bond motifs is 1. The molecule has 1 N–H and O–H groups in total. The zero-order valence-electron chi connectivity index (χ0n) is 27.9. The first-order valence-corrected chi connectivity index (χ1v) is 18.9. The number of hydrogen-bond acceptors (Lipinski definition) is 9. The topological polar surface area (TPSA) is 127 Å². The molecular weight excluding hydrogens is 659 g/mol. The first-order chi connectivity index (χ1) is 22.1. The van der Waals surface area contributed by atoms with E-state index in [-0.39, 0.29) is 18.2 Å². The summed E-state index contributed by atoms with van der Waals surface area (Å²) in [6.07, 6.45) is 0.243. The SMILES string of the molecule is Cc1noc(C)c1-c1nc(-c2cc(OC[C@@H](CN(C)C(=O)O)O[Si](C)(C)C(C)(C)C)ccc2Cl)nc(N2Cc3cccnc3C2)c1Cl. The smallest absolute Gasteiger partial charge is 0.407 e. The summed E-state index contributed by atoms with van der Waals surface area (Å²) in [6, 6.07) is 9.21. The molecule has 3 aromatic heterocycles. The van der Waals surface area contributed by atoms with E-state index in [2.05, 4.69) is 48.9 Å². The molecule has 0 saturated heterocycles. The molecule has 1 amide bonds. The number of nitrogens with zero attached hydrogens (tertiary/aromatic N) is 6. The number of rotatable bonds is 10. The molecule has 14 heteroatoms. The maximum atomic E-state index is 11.7. The average Bonchev–Trinajstić information content (AvgIpc) is 3.58. The van der Waals surface area contributed by atoms with Gasteiger partial charge in [-0.2, -0.15) is 0 Å². The molecule has 1 atom stereocenters. The van der Waals surface area contributed by atoms with Crippen molar-refractivity contribution in [1.29, 1.82) is 0 Å². The Kier molecular flexibility index (Phi) is 9.88. The van der Waals surface area contributed by atoms with E-state index in [1.807, 2.05) is 26.0 Å². The number of amides is 1. The van der Waals surface area contributed by atoms with E-state index in [0.29, 0.717) is 68.8 Å². The summed E-state index contributed by atoms with van der Waals surface area (Å²) in [5.74, 6) is 1.96. The third-order valence-electron chi connectivity index (χ3n) is 8.78. The number of halogens is 2. The van der Waals surface area contributed by atoms with Gasteiger partial charge in [0.05, 0.1) is 41.2 Å². The Hall–Kier alpha value is -3.71. The Bertz CT molecular complexity index is 1750. The summed E-state index contributed by atoms with van der Waals surface area (Å²) in [5, 5.41) is 14.4. The van der Waals surface area contributed by atoms with E-state index >= 15 is 0 Å². The van der Waals surface area contributed by atoms with Crippen LogP contribution in [0.2, 0.25) is 28.2 Å². The molecule has 1 aromatic carbocycles. The summed E-state index contributed by atoms with van der Waals surface area (Å²) in [6.45, 7) is 15.7. The van der Waals surface area contributed by atoms with Gasteiger partial charge in [-0.1, -0.05) is 55.2 Å². The first-order valence-electron chi connectivity index (χ1n) is 15.3. The summed E-state index contributed by atoms with van der Waals surface area (Å²) in [4.78, 5) is 29.3. The molecule has 11 nitrogen and oxygen atoms in total. The second kappa shape index (κ2) is 13.4. The second-order valence-electron chi connectivity index (χ2n) is 13.3. The highest BCUT2D eigenvalue weighted by atomic mass is 35.5. The van der Waals surface area contributed by atoms with E-state index < -0.39 is 20.5 Å². The lowest BCUT2D eigenvalue weighted by molar-refractivity contribution is 0.0794. The quantitative estimate of drug-likeness (QED) is 0.163. The van der Waals surface area contributed by atoms with E-state index in [1.165, 1.54) is 11.9 Å². The molecule has 1 aliphatic heterocycles. The fourth-order valence-corrected chi connectivity index (χ4v) is 6.99. The van der Waals surface area contributed by atoms with Crippen molar-refractivity contribution in [2.24, 2.45) is 0 Å². The fraction of sp³-hybridized carbons (Fsp3) is 0.424. The van der Waals surface area contributed by atoms with Crippen molar-refractivity contribution in [2.75, 3.05) is 25.1 Å². The third-order valence-corrected chi connectivity index (χ3v) is 14.0. The molecule has 0 saturated carbocycles. The summed E-state index contributed by atoms with van der Waals surface area (Å²) < 4.78 is 18.3. The standard InChI is InChI=1S/C33H40Cl2N6O5Si/c1-19-27(20(2)45-39-19)29-28(35)31(41-15-21-10-9-13-36-26(21)17-41)38-30(37-29)24-14-22(11-12-25(24)34)44-18-23(16-40(6)32(42)43)46-47(7,8)33(3,4)5/h9-14,23H,15-18H2,1-8H3,(H,42,43)/t23-/m1/s1. The molecule has 0 spiro atoms. The monoisotopic (exact) mass is 698 g/mol. The molecule has 0 fully saturated rings. The van der Waals surface area contributed by atoms with Crippen LogP contribution in [0.3, 0.4) is 0 Å². The van der Waals surface area contributed by atoms with E-state index in [1.54, 1.807) is 24.4 Å². The molecule has 5 rings (SSSR count). The van der Waals surface area contributed by atoms with Crippen LogP contribution < -0.4 is 9.64 Å². The van der Waals surface area contributed by atoms with Crippen LogP contribution >= 0.6 is 23.2 Å².